The number of amides is 2. The summed E-state index contributed by atoms with van der Waals surface area (Å²) in [5.41, 5.74) is 0.966. The Hall–Kier alpha value is -1.85. The van der Waals surface area contributed by atoms with Crippen LogP contribution in [0.25, 0.3) is 0 Å². The van der Waals surface area contributed by atoms with Crippen LogP contribution in [0.4, 0.5) is 0 Å². The van der Waals surface area contributed by atoms with Gasteiger partial charge >= 0.3 is 0 Å². The highest BCUT2D eigenvalue weighted by Gasteiger charge is 2.40. The quantitative estimate of drug-likeness (QED) is 0.825. The number of hydrogen-bond acceptors (Lipinski definition) is 3. The lowest BCUT2D eigenvalue weighted by Gasteiger charge is -2.32. The largest absolute Gasteiger partial charge is 0.345 e. The molecule has 2 rings (SSSR count). The SMILES string of the molecule is CN(CCCc1cnn(C)c1)C(=O)C1CC(=O)N(C(C)(C)C)C1. The summed E-state index contributed by atoms with van der Waals surface area (Å²) in [5, 5.41) is 4.15. The van der Waals surface area contributed by atoms with E-state index in [1.165, 1.54) is 5.56 Å². The van der Waals surface area contributed by atoms with Crippen LogP contribution >= 0.6 is 0 Å². The highest BCUT2D eigenvalue weighted by Crippen LogP contribution is 2.26. The second-order valence-electron chi connectivity index (χ2n) is 7.46. The van der Waals surface area contributed by atoms with Gasteiger partial charge < -0.3 is 9.80 Å². The molecule has 0 spiro atoms. The molecule has 1 unspecified atom stereocenters. The molecular formula is C17H28N4O2. The summed E-state index contributed by atoms with van der Waals surface area (Å²) < 4.78 is 1.79. The number of aryl methyl sites for hydroxylation is 2. The second-order valence-corrected chi connectivity index (χ2v) is 7.46. The molecule has 1 aliphatic rings. The zero-order valence-electron chi connectivity index (χ0n) is 14.9. The minimum atomic E-state index is -0.217. The number of nitrogens with zero attached hydrogens (tertiary/aromatic N) is 4. The van der Waals surface area contributed by atoms with E-state index in [2.05, 4.69) is 5.10 Å². The number of aromatic nitrogens is 2. The van der Waals surface area contributed by atoms with Crippen LogP contribution < -0.4 is 0 Å². The monoisotopic (exact) mass is 320 g/mol. The average molecular weight is 320 g/mol. The zero-order chi connectivity index (χ0) is 17.2. The molecule has 0 bridgehead atoms. The number of hydrogen-bond donors (Lipinski definition) is 0. The Kier molecular flexibility index (Phi) is 5.12. The first-order chi connectivity index (χ1) is 10.7. The number of carbonyl (C=O) groups excluding carboxylic acids is 2. The summed E-state index contributed by atoms with van der Waals surface area (Å²) in [6.45, 7) is 7.27. The Bertz CT molecular complexity index is 573. The van der Waals surface area contributed by atoms with Gasteiger partial charge in [0.1, 0.15) is 0 Å². The van der Waals surface area contributed by atoms with Crippen LogP contribution in [0.3, 0.4) is 0 Å². The Morgan fingerprint density at radius 3 is 2.65 bits per heavy atom. The molecule has 0 N–H and O–H groups in total. The molecule has 1 saturated heterocycles. The summed E-state index contributed by atoms with van der Waals surface area (Å²) in [7, 11) is 3.73. The predicted octanol–water partition coefficient (Wildman–Crippen LogP) is 1.46. The van der Waals surface area contributed by atoms with E-state index >= 15 is 0 Å². The fourth-order valence-corrected chi connectivity index (χ4v) is 3.06. The van der Waals surface area contributed by atoms with Gasteiger partial charge in [0.2, 0.25) is 11.8 Å². The van der Waals surface area contributed by atoms with E-state index < -0.39 is 0 Å². The Balaban J connectivity index is 1.82. The molecule has 2 heterocycles. The maximum atomic E-state index is 12.5. The fraction of sp³-hybridized carbons (Fsp3) is 0.706. The van der Waals surface area contributed by atoms with Crippen molar-refractivity contribution in [3.05, 3.63) is 18.0 Å². The van der Waals surface area contributed by atoms with Gasteiger partial charge in [-0.15, -0.1) is 0 Å². The molecule has 2 amide bonds. The van der Waals surface area contributed by atoms with Crippen LogP contribution in [0.1, 0.15) is 39.2 Å². The van der Waals surface area contributed by atoms with E-state index in [0.717, 1.165) is 12.8 Å². The van der Waals surface area contributed by atoms with Gasteiger partial charge in [-0.05, 0) is 39.2 Å². The zero-order valence-corrected chi connectivity index (χ0v) is 14.9. The van der Waals surface area contributed by atoms with Crippen LogP contribution in [0.2, 0.25) is 0 Å². The number of carbonyl (C=O) groups is 2. The molecule has 0 aliphatic carbocycles. The van der Waals surface area contributed by atoms with Crippen molar-refractivity contribution in [2.24, 2.45) is 13.0 Å². The van der Waals surface area contributed by atoms with Crippen molar-refractivity contribution in [3.8, 4) is 0 Å². The predicted molar refractivity (Wildman–Crippen MR) is 88.7 cm³/mol. The molecule has 0 aromatic carbocycles. The van der Waals surface area contributed by atoms with Crippen LogP contribution in [-0.4, -0.2) is 57.1 Å². The highest BCUT2D eigenvalue weighted by atomic mass is 16.2. The highest BCUT2D eigenvalue weighted by molar-refractivity contribution is 5.89. The van der Waals surface area contributed by atoms with Crippen LogP contribution in [0.5, 0.6) is 0 Å². The summed E-state index contributed by atoms with van der Waals surface area (Å²) in [6.07, 6.45) is 6.00. The number of rotatable bonds is 5. The molecule has 1 atom stereocenters. The van der Waals surface area contributed by atoms with Crippen molar-refractivity contribution in [2.75, 3.05) is 20.1 Å². The first-order valence-corrected chi connectivity index (χ1v) is 8.21. The second kappa shape index (κ2) is 6.72. The van der Waals surface area contributed by atoms with E-state index in [4.69, 9.17) is 0 Å². The minimum Gasteiger partial charge on any atom is -0.345 e. The summed E-state index contributed by atoms with van der Waals surface area (Å²) in [6, 6.07) is 0. The van der Waals surface area contributed by atoms with E-state index in [0.29, 0.717) is 19.5 Å². The topological polar surface area (TPSA) is 58.4 Å². The van der Waals surface area contributed by atoms with Crippen molar-refractivity contribution in [2.45, 2.75) is 45.6 Å². The molecule has 0 radical (unpaired) electrons. The van der Waals surface area contributed by atoms with Crippen molar-refractivity contribution < 1.29 is 9.59 Å². The maximum Gasteiger partial charge on any atom is 0.227 e. The third-order valence-corrected chi connectivity index (χ3v) is 4.38. The average Bonchev–Trinajstić information content (AvgIpc) is 3.03. The van der Waals surface area contributed by atoms with Gasteiger partial charge in [-0.2, -0.15) is 5.10 Å². The standard InChI is InChI=1S/C17H28N4O2/c1-17(2,3)21-12-14(9-15(21)22)16(23)19(4)8-6-7-13-10-18-20(5)11-13/h10-11,14H,6-9,12H2,1-5H3. The van der Waals surface area contributed by atoms with E-state index in [-0.39, 0.29) is 23.3 Å². The molecule has 23 heavy (non-hydrogen) atoms. The van der Waals surface area contributed by atoms with Gasteiger partial charge in [-0.3, -0.25) is 14.3 Å². The van der Waals surface area contributed by atoms with Crippen molar-refractivity contribution >= 4 is 11.8 Å². The molecule has 128 valence electrons. The first kappa shape index (κ1) is 17.5. The van der Waals surface area contributed by atoms with Crippen molar-refractivity contribution in [3.63, 3.8) is 0 Å². The van der Waals surface area contributed by atoms with Gasteiger partial charge in [0.25, 0.3) is 0 Å². The smallest absolute Gasteiger partial charge is 0.227 e. The lowest BCUT2D eigenvalue weighted by molar-refractivity contribution is -0.134. The van der Waals surface area contributed by atoms with Gasteiger partial charge in [-0.1, -0.05) is 0 Å². The molecule has 0 saturated carbocycles. The molecular weight excluding hydrogens is 292 g/mol. The normalized spacial score (nSPS) is 18.6. The lowest BCUT2D eigenvalue weighted by atomic mass is 10.1. The third-order valence-electron chi connectivity index (χ3n) is 4.38. The summed E-state index contributed by atoms with van der Waals surface area (Å²) in [5.74, 6) is -0.0407. The van der Waals surface area contributed by atoms with E-state index in [1.807, 2.05) is 52.2 Å². The number of likely N-dealkylation sites (tertiary alicyclic amines) is 1. The molecule has 1 aromatic rings. The summed E-state index contributed by atoms with van der Waals surface area (Å²) >= 11 is 0. The molecule has 6 heteroatoms. The Labute approximate surface area is 138 Å². The van der Waals surface area contributed by atoms with Crippen LogP contribution in [-0.2, 0) is 23.1 Å². The molecule has 6 nitrogen and oxygen atoms in total. The first-order valence-electron chi connectivity index (χ1n) is 8.21. The van der Waals surface area contributed by atoms with Gasteiger partial charge in [0.05, 0.1) is 12.1 Å². The van der Waals surface area contributed by atoms with E-state index in [1.54, 1.807) is 9.58 Å². The Morgan fingerprint density at radius 1 is 1.43 bits per heavy atom. The maximum absolute atomic E-state index is 12.5. The fourth-order valence-electron chi connectivity index (χ4n) is 3.06. The van der Waals surface area contributed by atoms with Crippen LogP contribution in [0.15, 0.2) is 12.4 Å². The van der Waals surface area contributed by atoms with E-state index in [9.17, 15) is 9.59 Å². The summed E-state index contributed by atoms with van der Waals surface area (Å²) in [4.78, 5) is 28.2. The van der Waals surface area contributed by atoms with Crippen molar-refractivity contribution in [1.29, 1.82) is 0 Å². The van der Waals surface area contributed by atoms with Crippen LogP contribution in [0, 0.1) is 5.92 Å². The van der Waals surface area contributed by atoms with Gasteiger partial charge in [-0.25, -0.2) is 0 Å². The lowest BCUT2D eigenvalue weighted by Crippen LogP contribution is -2.43. The van der Waals surface area contributed by atoms with Gasteiger partial charge in [0, 0.05) is 45.3 Å². The Morgan fingerprint density at radius 2 is 2.13 bits per heavy atom. The van der Waals surface area contributed by atoms with Gasteiger partial charge in [0.15, 0.2) is 0 Å². The molecule has 1 aromatic heterocycles. The molecule has 1 fully saturated rings. The van der Waals surface area contributed by atoms with Crippen molar-refractivity contribution in [1.82, 2.24) is 19.6 Å². The minimum absolute atomic E-state index is 0.0799. The third kappa shape index (κ3) is 4.33. The molecule has 1 aliphatic heterocycles.